The number of hydrogen-bond acceptors (Lipinski definition) is 4. The predicted molar refractivity (Wildman–Crippen MR) is 87.5 cm³/mol. The highest BCUT2D eigenvalue weighted by Crippen LogP contribution is 2.47. The summed E-state index contributed by atoms with van der Waals surface area (Å²) in [4.78, 5) is 37.8. The van der Waals surface area contributed by atoms with Crippen LogP contribution < -0.4 is 10.6 Å². The second kappa shape index (κ2) is 5.06. The van der Waals surface area contributed by atoms with Gasteiger partial charge < -0.3 is 15.7 Å². The van der Waals surface area contributed by atoms with Gasteiger partial charge in [-0.2, -0.15) is 0 Å². The molecule has 1 aromatic rings. The van der Waals surface area contributed by atoms with E-state index in [1.807, 2.05) is 11.0 Å². The number of amides is 1. The Morgan fingerprint density at radius 1 is 1.25 bits per heavy atom. The van der Waals surface area contributed by atoms with Gasteiger partial charge in [0, 0.05) is 12.1 Å². The molecular weight excluding hydrogens is 308 g/mol. The fourth-order valence-corrected chi connectivity index (χ4v) is 3.55. The number of nitrogens with two attached hydrogens (primary N) is 1. The molecule has 1 unspecified atom stereocenters. The van der Waals surface area contributed by atoms with E-state index >= 15 is 0 Å². The largest absolute Gasteiger partial charge is 0.478 e. The minimum absolute atomic E-state index is 0.224. The first-order valence-corrected chi connectivity index (χ1v) is 7.88. The summed E-state index contributed by atoms with van der Waals surface area (Å²) in [5.74, 6) is -1.75. The first kappa shape index (κ1) is 14.7. The maximum Gasteiger partial charge on any atom is 0.339 e. The fraction of sp³-hybridized carbons (Fsp3) is 0.278. The van der Waals surface area contributed by atoms with Gasteiger partial charge in [0.15, 0.2) is 5.78 Å². The van der Waals surface area contributed by atoms with Crippen LogP contribution >= 0.6 is 0 Å². The summed E-state index contributed by atoms with van der Waals surface area (Å²) in [6.07, 6.45) is 5.17. The number of carbonyl (C=O) groups is 3. The van der Waals surface area contributed by atoms with E-state index in [9.17, 15) is 19.5 Å². The quantitative estimate of drug-likeness (QED) is 0.815. The molecule has 4 rings (SSSR count). The lowest BCUT2D eigenvalue weighted by Crippen LogP contribution is -2.42. The topological polar surface area (TPSA) is 101 Å². The predicted octanol–water partition coefficient (Wildman–Crippen LogP) is 1.36. The van der Waals surface area contributed by atoms with Crippen molar-refractivity contribution >= 4 is 28.9 Å². The van der Waals surface area contributed by atoms with Crippen molar-refractivity contribution in [3.05, 3.63) is 47.1 Å². The number of ketones is 1. The second-order valence-electron chi connectivity index (χ2n) is 6.44. The molecule has 0 radical (unpaired) electrons. The Hall–Kier alpha value is -2.89. The van der Waals surface area contributed by atoms with Gasteiger partial charge in [0.25, 0.3) is 5.91 Å². The third-order valence-electron chi connectivity index (χ3n) is 4.83. The summed E-state index contributed by atoms with van der Waals surface area (Å²) in [6.45, 7) is 0.623. The minimum Gasteiger partial charge on any atom is -0.478 e. The van der Waals surface area contributed by atoms with Gasteiger partial charge in [-0.1, -0.05) is 18.2 Å². The van der Waals surface area contributed by atoms with Crippen LogP contribution in [-0.2, 0) is 9.59 Å². The molecule has 122 valence electrons. The zero-order valence-corrected chi connectivity index (χ0v) is 12.9. The molecule has 0 spiro atoms. The first-order chi connectivity index (χ1) is 11.5. The van der Waals surface area contributed by atoms with Crippen molar-refractivity contribution in [2.45, 2.75) is 18.9 Å². The van der Waals surface area contributed by atoms with Gasteiger partial charge in [0.05, 0.1) is 11.3 Å². The molecule has 0 saturated heterocycles. The third-order valence-corrected chi connectivity index (χ3v) is 4.83. The molecule has 6 nitrogen and oxygen atoms in total. The summed E-state index contributed by atoms with van der Waals surface area (Å²) in [5.41, 5.74) is 7.84. The zero-order valence-electron chi connectivity index (χ0n) is 12.9. The number of rotatable bonds is 4. The lowest BCUT2D eigenvalue weighted by atomic mass is 9.90. The summed E-state index contributed by atoms with van der Waals surface area (Å²) >= 11 is 0. The van der Waals surface area contributed by atoms with E-state index in [1.165, 1.54) is 6.08 Å². The van der Waals surface area contributed by atoms with Crippen LogP contribution in [-0.4, -0.2) is 35.4 Å². The number of nitrogens with zero attached hydrogens (tertiary/aromatic N) is 1. The minimum atomic E-state index is -1.23. The average molecular weight is 324 g/mol. The molecule has 1 fully saturated rings. The molecule has 1 saturated carbocycles. The standard InChI is InChI=1S/C18H16N2O4/c19-17(22)12-3-1-2-10-11-6-7-13(18(23)24)16(21)15(11)20(14(10)12)8-9-4-5-9/h1-3,6-7,9,15H,4-5,8H2,(H2,19,22)(H,23,24). The maximum atomic E-state index is 12.8. The van der Waals surface area contributed by atoms with Crippen LogP contribution in [0.2, 0.25) is 0 Å². The van der Waals surface area contributed by atoms with E-state index in [-0.39, 0.29) is 5.57 Å². The fourth-order valence-electron chi connectivity index (χ4n) is 3.55. The van der Waals surface area contributed by atoms with Gasteiger partial charge in [-0.25, -0.2) is 4.79 Å². The Labute approximate surface area is 138 Å². The molecule has 2 aliphatic carbocycles. The van der Waals surface area contributed by atoms with Crippen molar-refractivity contribution in [1.29, 1.82) is 0 Å². The van der Waals surface area contributed by atoms with Crippen molar-refractivity contribution < 1.29 is 19.5 Å². The zero-order chi connectivity index (χ0) is 17.0. The van der Waals surface area contributed by atoms with Crippen LogP contribution in [0.4, 0.5) is 5.69 Å². The monoisotopic (exact) mass is 324 g/mol. The van der Waals surface area contributed by atoms with E-state index in [1.54, 1.807) is 18.2 Å². The van der Waals surface area contributed by atoms with E-state index in [4.69, 9.17) is 5.73 Å². The van der Waals surface area contributed by atoms with E-state index in [0.717, 1.165) is 24.0 Å². The number of allylic oxidation sites excluding steroid dienone is 2. The highest BCUT2D eigenvalue weighted by atomic mass is 16.4. The second-order valence-corrected chi connectivity index (χ2v) is 6.44. The van der Waals surface area contributed by atoms with Gasteiger partial charge in [-0.05, 0) is 36.5 Å². The summed E-state index contributed by atoms with van der Waals surface area (Å²) in [6, 6.07) is 4.55. The number of carbonyl (C=O) groups excluding carboxylic acids is 2. The number of benzene rings is 1. The van der Waals surface area contributed by atoms with Crippen LogP contribution in [0.1, 0.15) is 28.8 Å². The van der Waals surface area contributed by atoms with Gasteiger partial charge in [0.1, 0.15) is 11.6 Å². The molecule has 6 heteroatoms. The number of para-hydroxylation sites is 1. The van der Waals surface area contributed by atoms with Crippen molar-refractivity contribution in [3.8, 4) is 0 Å². The number of primary amides is 1. The molecule has 0 bridgehead atoms. The summed E-state index contributed by atoms with van der Waals surface area (Å²) in [5, 5.41) is 9.26. The van der Waals surface area contributed by atoms with Crippen LogP contribution in [0.5, 0.6) is 0 Å². The van der Waals surface area contributed by atoms with Crippen LogP contribution in [0.15, 0.2) is 35.9 Å². The molecule has 3 aliphatic rings. The number of carboxylic acids is 1. The van der Waals surface area contributed by atoms with Gasteiger partial charge in [0.2, 0.25) is 0 Å². The van der Waals surface area contributed by atoms with Gasteiger partial charge in [-0.15, -0.1) is 0 Å². The van der Waals surface area contributed by atoms with E-state index in [2.05, 4.69) is 0 Å². The van der Waals surface area contributed by atoms with E-state index < -0.39 is 23.7 Å². The number of fused-ring (bicyclic) bond motifs is 3. The number of carboxylic acid groups (broad SMARTS) is 1. The molecule has 0 aromatic heterocycles. The number of anilines is 1. The summed E-state index contributed by atoms with van der Waals surface area (Å²) < 4.78 is 0. The molecule has 1 amide bonds. The first-order valence-electron chi connectivity index (χ1n) is 7.88. The van der Waals surface area contributed by atoms with Gasteiger partial charge in [-0.3, -0.25) is 9.59 Å². The molecular formula is C18H16N2O4. The maximum absolute atomic E-state index is 12.8. The third kappa shape index (κ3) is 2.06. The molecule has 1 aromatic carbocycles. The van der Waals surface area contributed by atoms with Crippen LogP contribution in [0.3, 0.4) is 0 Å². The molecule has 3 N–H and O–H groups in total. The molecule has 1 atom stereocenters. The Bertz CT molecular complexity index is 849. The smallest absolute Gasteiger partial charge is 0.339 e. The normalized spacial score (nSPS) is 21.8. The Kier molecular flexibility index (Phi) is 3.09. The number of Topliss-reactive ketones (excluding diaryl/α,β-unsaturated/α-hetero) is 1. The Morgan fingerprint density at radius 3 is 2.62 bits per heavy atom. The Balaban J connectivity index is 1.90. The average Bonchev–Trinajstić information content (AvgIpc) is 3.30. The highest BCUT2D eigenvalue weighted by molar-refractivity contribution is 6.26. The van der Waals surface area contributed by atoms with E-state index in [0.29, 0.717) is 23.7 Å². The van der Waals surface area contributed by atoms with Crippen molar-refractivity contribution in [2.24, 2.45) is 11.7 Å². The van der Waals surface area contributed by atoms with Crippen molar-refractivity contribution in [1.82, 2.24) is 0 Å². The van der Waals surface area contributed by atoms with Gasteiger partial charge >= 0.3 is 5.97 Å². The number of aliphatic carboxylic acids is 1. The highest BCUT2D eigenvalue weighted by Gasteiger charge is 2.45. The van der Waals surface area contributed by atoms with Crippen LogP contribution in [0, 0.1) is 5.92 Å². The van der Waals surface area contributed by atoms with Crippen molar-refractivity contribution in [2.75, 3.05) is 11.4 Å². The Morgan fingerprint density at radius 2 is 2.00 bits per heavy atom. The van der Waals surface area contributed by atoms with Crippen molar-refractivity contribution in [3.63, 3.8) is 0 Å². The number of hydrogen-bond donors (Lipinski definition) is 2. The molecule has 1 aliphatic heterocycles. The molecule has 24 heavy (non-hydrogen) atoms. The SMILES string of the molecule is NC(=O)c1cccc2c1N(CC1CC1)C1C(=O)C(C(=O)O)=CC=C21. The molecule has 1 heterocycles. The van der Waals surface area contributed by atoms with Crippen LogP contribution in [0.25, 0.3) is 5.57 Å². The summed E-state index contributed by atoms with van der Waals surface area (Å²) in [7, 11) is 0. The lowest BCUT2D eigenvalue weighted by molar-refractivity contribution is -0.134. The lowest BCUT2D eigenvalue weighted by Gasteiger charge is -2.29.